The lowest BCUT2D eigenvalue weighted by Gasteiger charge is -1.94. The first-order valence-electron chi connectivity index (χ1n) is 4.62. The lowest BCUT2D eigenvalue weighted by atomic mass is 10.2. The Balaban J connectivity index is 2.58. The zero-order valence-corrected chi connectivity index (χ0v) is 8.21. The fourth-order valence-electron chi connectivity index (χ4n) is 2.28. The third kappa shape index (κ3) is 0.601. The molecule has 0 aromatic carbocycles. The second-order valence-corrected chi connectivity index (χ2v) is 4.33. The molecule has 2 heteroatoms. The van der Waals surface area contributed by atoms with E-state index in [9.17, 15) is 0 Å². The zero-order chi connectivity index (χ0) is 9.12. The molecule has 0 aliphatic carbocycles. The van der Waals surface area contributed by atoms with E-state index in [0.717, 1.165) is 0 Å². The highest BCUT2D eigenvalue weighted by molar-refractivity contribution is 7.09. The van der Waals surface area contributed by atoms with Gasteiger partial charge in [-0.05, 0) is 24.3 Å². The molecular weight excluding hydrogens is 190 g/mol. The predicted molar refractivity (Wildman–Crippen MR) is 61.5 cm³/mol. The van der Waals surface area contributed by atoms with Gasteiger partial charge in [-0.2, -0.15) is 11.3 Å². The standard InChI is InChI=1S/C12H7NS/c1-2-8-4-5-12-10-7-14-6-9(10)11(3-1)13(8)12/h1-7H. The van der Waals surface area contributed by atoms with E-state index in [0.29, 0.717) is 0 Å². The molecule has 1 nitrogen and oxygen atoms in total. The number of hydrogen-bond acceptors (Lipinski definition) is 1. The van der Waals surface area contributed by atoms with Gasteiger partial charge in [0.25, 0.3) is 0 Å². The maximum absolute atomic E-state index is 2.33. The van der Waals surface area contributed by atoms with Gasteiger partial charge in [0.2, 0.25) is 0 Å². The molecular formula is C12H7NS. The molecule has 0 aliphatic heterocycles. The van der Waals surface area contributed by atoms with Crippen LogP contribution in [0.4, 0.5) is 0 Å². The maximum Gasteiger partial charge on any atom is 0.0550 e. The van der Waals surface area contributed by atoms with Gasteiger partial charge in [-0.1, -0.05) is 6.07 Å². The van der Waals surface area contributed by atoms with Gasteiger partial charge in [0.15, 0.2) is 0 Å². The summed E-state index contributed by atoms with van der Waals surface area (Å²) in [6.45, 7) is 0. The third-order valence-electron chi connectivity index (χ3n) is 2.89. The minimum atomic E-state index is 1.29. The predicted octanol–water partition coefficient (Wildman–Crippen LogP) is 3.75. The number of nitrogens with zero attached hydrogens (tertiary/aromatic N) is 1. The van der Waals surface area contributed by atoms with Crippen LogP contribution in [0.15, 0.2) is 41.1 Å². The van der Waals surface area contributed by atoms with Gasteiger partial charge in [0, 0.05) is 27.0 Å². The SMILES string of the molecule is c1cc2ccc3c4cscc4c(c1)n23. The lowest BCUT2D eigenvalue weighted by molar-refractivity contribution is 1.36. The fourth-order valence-corrected chi connectivity index (χ4v) is 3.11. The van der Waals surface area contributed by atoms with E-state index in [-0.39, 0.29) is 0 Å². The van der Waals surface area contributed by atoms with Crippen LogP contribution in [0.1, 0.15) is 0 Å². The van der Waals surface area contributed by atoms with Crippen LogP contribution in [0.3, 0.4) is 0 Å². The molecule has 4 aromatic heterocycles. The van der Waals surface area contributed by atoms with Crippen molar-refractivity contribution in [1.29, 1.82) is 0 Å². The molecule has 0 unspecified atom stereocenters. The van der Waals surface area contributed by atoms with E-state index in [1.54, 1.807) is 11.3 Å². The molecule has 0 fully saturated rings. The fraction of sp³-hybridized carbons (Fsp3) is 0. The first-order chi connectivity index (χ1) is 6.95. The zero-order valence-electron chi connectivity index (χ0n) is 7.40. The van der Waals surface area contributed by atoms with E-state index >= 15 is 0 Å². The van der Waals surface area contributed by atoms with E-state index in [4.69, 9.17) is 0 Å². The first-order valence-corrected chi connectivity index (χ1v) is 5.57. The van der Waals surface area contributed by atoms with Crippen molar-refractivity contribution in [2.45, 2.75) is 0 Å². The van der Waals surface area contributed by atoms with E-state index in [1.165, 1.54) is 27.3 Å². The Labute approximate surface area is 84.5 Å². The van der Waals surface area contributed by atoms with Crippen molar-refractivity contribution in [2.24, 2.45) is 0 Å². The van der Waals surface area contributed by atoms with Gasteiger partial charge in [-0.3, -0.25) is 0 Å². The van der Waals surface area contributed by atoms with Crippen LogP contribution in [0, 0.1) is 0 Å². The molecule has 0 saturated heterocycles. The highest BCUT2D eigenvalue weighted by Crippen LogP contribution is 2.33. The molecule has 0 N–H and O–H groups in total. The Kier molecular flexibility index (Phi) is 1.02. The molecule has 4 aromatic rings. The third-order valence-corrected chi connectivity index (χ3v) is 3.63. The quantitative estimate of drug-likeness (QED) is 0.404. The second kappa shape index (κ2) is 2.10. The van der Waals surface area contributed by atoms with Crippen molar-refractivity contribution in [2.75, 3.05) is 0 Å². The van der Waals surface area contributed by atoms with Gasteiger partial charge in [-0.15, -0.1) is 0 Å². The molecule has 0 aliphatic rings. The maximum atomic E-state index is 2.33. The number of thiophene rings is 1. The van der Waals surface area contributed by atoms with Gasteiger partial charge in [0.05, 0.1) is 11.0 Å². The van der Waals surface area contributed by atoms with Gasteiger partial charge < -0.3 is 4.40 Å². The number of pyridine rings is 1. The van der Waals surface area contributed by atoms with Crippen LogP contribution in [-0.2, 0) is 0 Å². The lowest BCUT2D eigenvalue weighted by Crippen LogP contribution is -1.79. The number of fused-ring (bicyclic) bond motifs is 3. The summed E-state index contributed by atoms with van der Waals surface area (Å²) in [5, 5.41) is 7.24. The topological polar surface area (TPSA) is 4.41 Å². The van der Waals surface area contributed by atoms with E-state index in [1.807, 2.05) is 0 Å². The molecule has 0 spiro atoms. The summed E-state index contributed by atoms with van der Waals surface area (Å²) in [7, 11) is 0. The summed E-state index contributed by atoms with van der Waals surface area (Å²) >= 11 is 1.78. The van der Waals surface area contributed by atoms with Crippen LogP contribution >= 0.6 is 11.3 Å². The minimum absolute atomic E-state index is 1.29. The summed E-state index contributed by atoms with van der Waals surface area (Å²) in [5.74, 6) is 0. The number of rotatable bonds is 0. The summed E-state index contributed by atoms with van der Waals surface area (Å²) in [5.41, 5.74) is 3.96. The minimum Gasteiger partial charge on any atom is -0.309 e. The normalized spacial score (nSPS) is 12.3. The van der Waals surface area contributed by atoms with Crippen LogP contribution in [0.25, 0.3) is 27.3 Å². The highest BCUT2D eigenvalue weighted by Gasteiger charge is 2.10. The summed E-state index contributed by atoms with van der Waals surface area (Å²) < 4.78 is 2.33. The van der Waals surface area contributed by atoms with Crippen LogP contribution in [0.5, 0.6) is 0 Å². The van der Waals surface area contributed by atoms with Crippen molar-refractivity contribution in [1.82, 2.24) is 4.40 Å². The second-order valence-electron chi connectivity index (χ2n) is 3.59. The summed E-state index contributed by atoms with van der Waals surface area (Å²) in [6.07, 6.45) is 0. The molecule has 14 heavy (non-hydrogen) atoms. The van der Waals surface area contributed by atoms with Crippen LogP contribution in [0.2, 0.25) is 0 Å². The largest absolute Gasteiger partial charge is 0.309 e. The highest BCUT2D eigenvalue weighted by atomic mass is 32.1. The van der Waals surface area contributed by atoms with Crippen molar-refractivity contribution in [3.05, 3.63) is 41.1 Å². The molecule has 0 bridgehead atoms. The molecule has 66 valence electrons. The smallest absolute Gasteiger partial charge is 0.0550 e. The van der Waals surface area contributed by atoms with Crippen molar-refractivity contribution in [3.63, 3.8) is 0 Å². The number of aromatic nitrogens is 1. The Bertz CT molecular complexity index is 721. The van der Waals surface area contributed by atoms with Crippen molar-refractivity contribution < 1.29 is 0 Å². The Morgan fingerprint density at radius 3 is 2.50 bits per heavy atom. The monoisotopic (exact) mass is 197 g/mol. The van der Waals surface area contributed by atoms with Gasteiger partial charge in [-0.25, -0.2) is 0 Å². The molecule has 0 amide bonds. The summed E-state index contributed by atoms with van der Waals surface area (Å²) in [4.78, 5) is 0. The first kappa shape index (κ1) is 6.85. The number of hydrogen-bond donors (Lipinski definition) is 0. The Morgan fingerprint density at radius 2 is 1.64 bits per heavy atom. The molecule has 0 saturated carbocycles. The molecule has 4 rings (SSSR count). The van der Waals surface area contributed by atoms with E-state index < -0.39 is 0 Å². The average Bonchev–Trinajstić information content (AvgIpc) is 2.87. The Morgan fingerprint density at radius 1 is 0.857 bits per heavy atom. The molecule has 4 heterocycles. The molecule has 0 radical (unpaired) electrons. The van der Waals surface area contributed by atoms with Crippen molar-refractivity contribution in [3.8, 4) is 0 Å². The van der Waals surface area contributed by atoms with Crippen LogP contribution < -0.4 is 0 Å². The van der Waals surface area contributed by atoms with Crippen LogP contribution in [-0.4, -0.2) is 4.40 Å². The van der Waals surface area contributed by atoms with E-state index in [2.05, 4.69) is 45.5 Å². The van der Waals surface area contributed by atoms with Crippen molar-refractivity contribution >= 4 is 38.7 Å². The average molecular weight is 197 g/mol. The van der Waals surface area contributed by atoms with Gasteiger partial charge in [0.1, 0.15) is 0 Å². The Hall–Kier alpha value is -1.54. The molecule has 0 atom stereocenters. The summed E-state index contributed by atoms with van der Waals surface area (Å²) in [6, 6.07) is 10.9. The van der Waals surface area contributed by atoms with Gasteiger partial charge >= 0.3 is 0 Å².